The fraction of sp³-hybridized carbons (Fsp3) is 0.241. The van der Waals surface area contributed by atoms with Gasteiger partial charge in [0.1, 0.15) is 12.1 Å². The van der Waals surface area contributed by atoms with Crippen molar-refractivity contribution < 1.29 is 9.66 Å². The number of nitro groups is 1. The van der Waals surface area contributed by atoms with E-state index in [0.717, 1.165) is 18.7 Å². The van der Waals surface area contributed by atoms with Crippen LogP contribution in [-0.2, 0) is 0 Å². The van der Waals surface area contributed by atoms with Crippen molar-refractivity contribution in [2.24, 2.45) is 0 Å². The van der Waals surface area contributed by atoms with Gasteiger partial charge < -0.3 is 15.0 Å². The normalized spacial score (nSPS) is 13.9. The number of aromatic nitrogens is 2. The zero-order valence-corrected chi connectivity index (χ0v) is 21.4. The number of benzene rings is 3. The average Bonchev–Trinajstić information content (AvgIpc) is 2.95. The van der Waals surface area contributed by atoms with Crippen LogP contribution in [0.3, 0.4) is 0 Å². The minimum absolute atomic E-state index is 0.103. The minimum atomic E-state index is -0.414. The number of anilines is 3. The highest BCUT2D eigenvalue weighted by Gasteiger charge is 2.32. The molecule has 1 aliphatic rings. The van der Waals surface area contributed by atoms with Crippen LogP contribution in [0.2, 0.25) is 0 Å². The van der Waals surface area contributed by atoms with E-state index in [1.165, 1.54) is 17.5 Å². The van der Waals surface area contributed by atoms with Crippen molar-refractivity contribution in [1.82, 2.24) is 14.9 Å². The molecule has 0 atom stereocenters. The van der Waals surface area contributed by atoms with E-state index in [4.69, 9.17) is 4.74 Å². The zero-order valence-electron chi connectivity index (χ0n) is 21.4. The van der Waals surface area contributed by atoms with Crippen molar-refractivity contribution in [3.63, 3.8) is 0 Å². The molecule has 3 aromatic carbocycles. The summed E-state index contributed by atoms with van der Waals surface area (Å²) in [7, 11) is 1.56. The van der Waals surface area contributed by atoms with Gasteiger partial charge in [-0.25, -0.2) is 9.97 Å². The fourth-order valence-electron chi connectivity index (χ4n) is 4.98. The van der Waals surface area contributed by atoms with Gasteiger partial charge in [0.2, 0.25) is 11.6 Å². The van der Waals surface area contributed by atoms with Crippen LogP contribution in [0.15, 0.2) is 85.2 Å². The van der Waals surface area contributed by atoms with Gasteiger partial charge in [-0.2, -0.15) is 0 Å². The standard InChI is InChI=1S/C29H30N6O3/c1-21-13-14-25(38-2)24(19-21)32-28-27(35(36)37)29(31-20-30-28)34-17-15-33(16-18-34)26(22-9-5-3-6-10-22)23-11-7-4-8-12-23/h3-14,19-20,26H,15-18H2,1-2H3,(H,30,31,32). The van der Waals surface area contributed by atoms with Crippen LogP contribution in [0, 0.1) is 17.0 Å². The second-order valence-corrected chi connectivity index (χ2v) is 9.23. The molecule has 0 bridgehead atoms. The van der Waals surface area contributed by atoms with Gasteiger partial charge in [-0.05, 0) is 35.7 Å². The molecule has 4 aromatic rings. The topological polar surface area (TPSA) is 96.7 Å². The molecule has 0 spiro atoms. The molecule has 9 nitrogen and oxygen atoms in total. The minimum Gasteiger partial charge on any atom is -0.495 e. The van der Waals surface area contributed by atoms with Gasteiger partial charge in [-0.15, -0.1) is 0 Å². The molecule has 1 N–H and O–H groups in total. The number of hydrogen-bond donors (Lipinski definition) is 1. The Balaban J connectivity index is 1.40. The number of piperazine rings is 1. The van der Waals surface area contributed by atoms with Crippen LogP contribution in [0.4, 0.5) is 23.0 Å². The molecular weight excluding hydrogens is 480 g/mol. The predicted molar refractivity (Wildman–Crippen MR) is 148 cm³/mol. The summed E-state index contributed by atoms with van der Waals surface area (Å²) in [4.78, 5) is 24.8. The maximum absolute atomic E-state index is 12.3. The lowest BCUT2D eigenvalue weighted by atomic mass is 9.96. The second-order valence-electron chi connectivity index (χ2n) is 9.23. The average molecular weight is 511 g/mol. The molecule has 0 radical (unpaired) electrons. The first-order chi connectivity index (χ1) is 18.5. The summed E-state index contributed by atoms with van der Waals surface area (Å²) in [6.45, 7) is 4.60. The lowest BCUT2D eigenvalue weighted by Crippen LogP contribution is -2.48. The van der Waals surface area contributed by atoms with Gasteiger partial charge in [0, 0.05) is 26.2 Å². The Hall–Kier alpha value is -4.50. The Bertz CT molecular complexity index is 1350. The van der Waals surface area contributed by atoms with Crippen LogP contribution in [-0.4, -0.2) is 53.1 Å². The number of nitrogens with zero attached hydrogens (tertiary/aromatic N) is 5. The Morgan fingerprint density at radius 3 is 2.13 bits per heavy atom. The Morgan fingerprint density at radius 1 is 0.921 bits per heavy atom. The van der Waals surface area contributed by atoms with Gasteiger partial charge in [0.05, 0.1) is 23.8 Å². The van der Waals surface area contributed by atoms with E-state index in [1.807, 2.05) is 42.2 Å². The highest BCUT2D eigenvalue weighted by molar-refractivity contribution is 5.76. The van der Waals surface area contributed by atoms with E-state index >= 15 is 0 Å². The molecule has 38 heavy (non-hydrogen) atoms. The van der Waals surface area contributed by atoms with Crippen LogP contribution in [0.25, 0.3) is 0 Å². The van der Waals surface area contributed by atoms with Gasteiger partial charge in [0.15, 0.2) is 0 Å². The third-order valence-electron chi connectivity index (χ3n) is 6.80. The number of nitrogens with one attached hydrogen (secondary N) is 1. The van der Waals surface area contributed by atoms with Gasteiger partial charge in [-0.1, -0.05) is 66.7 Å². The third-order valence-corrected chi connectivity index (χ3v) is 6.80. The quantitative estimate of drug-likeness (QED) is 0.250. The maximum Gasteiger partial charge on any atom is 0.353 e. The number of aryl methyl sites for hydroxylation is 1. The van der Waals surface area contributed by atoms with Crippen LogP contribution in [0.1, 0.15) is 22.7 Å². The molecule has 1 saturated heterocycles. The predicted octanol–water partition coefficient (Wildman–Crippen LogP) is 5.36. The number of rotatable bonds is 8. The van der Waals surface area contributed by atoms with Crippen molar-refractivity contribution in [2.45, 2.75) is 13.0 Å². The van der Waals surface area contributed by atoms with E-state index in [-0.39, 0.29) is 17.5 Å². The second kappa shape index (κ2) is 11.3. The third kappa shape index (κ3) is 5.28. The van der Waals surface area contributed by atoms with E-state index in [2.05, 4.69) is 68.7 Å². The van der Waals surface area contributed by atoms with E-state index in [9.17, 15) is 10.1 Å². The smallest absolute Gasteiger partial charge is 0.353 e. The van der Waals surface area contributed by atoms with Crippen LogP contribution < -0.4 is 15.0 Å². The first-order valence-electron chi connectivity index (χ1n) is 12.5. The Morgan fingerprint density at radius 2 is 1.55 bits per heavy atom. The molecule has 9 heteroatoms. The summed E-state index contributed by atoms with van der Waals surface area (Å²) in [6, 6.07) is 26.6. The molecule has 1 aliphatic heterocycles. The Kier molecular flexibility index (Phi) is 7.46. The lowest BCUT2D eigenvalue weighted by molar-refractivity contribution is -0.383. The molecule has 0 aliphatic carbocycles. The zero-order chi connectivity index (χ0) is 26.5. The summed E-state index contributed by atoms with van der Waals surface area (Å²) in [6.07, 6.45) is 1.37. The summed E-state index contributed by atoms with van der Waals surface area (Å²) < 4.78 is 5.43. The molecule has 0 saturated carbocycles. The molecule has 194 valence electrons. The maximum atomic E-state index is 12.3. The summed E-state index contributed by atoms with van der Waals surface area (Å²) in [5.74, 6) is 1.03. The highest BCUT2D eigenvalue weighted by atomic mass is 16.6. The van der Waals surface area contributed by atoms with Crippen molar-refractivity contribution in [1.29, 1.82) is 0 Å². The molecular formula is C29H30N6O3. The largest absolute Gasteiger partial charge is 0.495 e. The van der Waals surface area contributed by atoms with Crippen molar-refractivity contribution in [2.75, 3.05) is 43.5 Å². The number of ether oxygens (including phenoxy) is 1. The molecule has 0 amide bonds. The SMILES string of the molecule is COc1ccc(C)cc1Nc1ncnc(N2CCN(C(c3ccccc3)c3ccccc3)CC2)c1[N+](=O)[O-]. The summed E-state index contributed by atoms with van der Waals surface area (Å²) in [5, 5.41) is 15.4. The molecule has 2 heterocycles. The van der Waals surface area contributed by atoms with Crippen molar-refractivity contribution in [3.05, 3.63) is 112 Å². The Labute approximate surface area is 221 Å². The highest BCUT2D eigenvalue weighted by Crippen LogP contribution is 2.37. The van der Waals surface area contributed by atoms with Gasteiger partial charge in [-0.3, -0.25) is 15.0 Å². The first kappa shape index (κ1) is 25.2. The molecule has 1 fully saturated rings. The number of hydrogen-bond acceptors (Lipinski definition) is 8. The van der Waals surface area contributed by atoms with Crippen molar-refractivity contribution >= 4 is 23.0 Å². The molecule has 1 aromatic heterocycles. The monoisotopic (exact) mass is 510 g/mol. The van der Waals surface area contributed by atoms with Crippen LogP contribution >= 0.6 is 0 Å². The van der Waals surface area contributed by atoms with Crippen LogP contribution in [0.5, 0.6) is 5.75 Å². The fourth-order valence-corrected chi connectivity index (χ4v) is 4.98. The van der Waals surface area contributed by atoms with Crippen molar-refractivity contribution in [3.8, 4) is 5.75 Å². The lowest BCUT2D eigenvalue weighted by Gasteiger charge is -2.40. The van der Waals surface area contributed by atoms with E-state index < -0.39 is 4.92 Å². The van der Waals surface area contributed by atoms with E-state index in [0.29, 0.717) is 30.3 Å². The van der Waals surface area contributed by atoms with Gasteiger partial charge in [0.25, 0.3) is 0 Å². The molecule has 0 unspecified atom stereocenters. The first-order valence-corrected chi connectivity index (χ1v) is 12.5. The number of methoxy groups -OCH3 is 1. The van der Waals surface area contributed by atoms with E-state index in [1.54, 1.807) is 7.11 Å². The summed E-state index contributed by atoms with van der Waals surface area (Å²) in [5.41, 5.74) is 3.90. The molecule has 5 rings (SSSR count). The summed E-state index contributed by atoms with van der Waals surface area (Å²) >= 11 is 0. The van der Waals surface area contributed by atoms with Gasteiger partial charge >= 0.3 is 5.69 Å².